The number of halogens is 1. The number of benzene rings is 1. The number of hydrogen-bond donors (Lipinski definition) is 1. The number of allylic oxidation sites excluding steroid dienone is 1. The maximum atomic E-state index is 8.97. The van der Waals surface area contributed by atoms with Gasteiger partial charge in [0, 0.05) is 11.4 Å². The molecule has 0 saturated carbocycles. The van der Waals surface area contributed by atoms with Crippen LogP contribution < -0.4 is 5.32 Å². The lowest BCUT2D eigenvalue weighted by Crippen LogP contribution is -2.37. The van der Waals surface area contributed by atoms with E-state index in [1.54, 1.807) is 24.8 Å². The highest BCUT2D eigenvalue weighted by molar-refractivity contribution is 6.32. The van der Waals surface area contributed by atoms with Gasteiger partial charge in [-0.1, -0.05) is 25.4 Å². The number of aromatic nitrogens is 3. The Hall–Kier alpha value is -2.32. The Kier molecular flexibility index (Phi) is 4.10. The van der Waals surface area contributed by atoms with E-state index in [4.69, 9.17) is 16.9 Å². The van der Waals surface area contributed by atoms with Crippen LogP contribution in [0.2, 0.25) is 5.02 Å². The molecule has 0 saturated heterocycles. The number of anilines is 1. The fourth-order valence-corrected chi connectivity index (χ4v) is 2.99. The van der Waals surface area contributed by atoms with E-state index >= 15 is 0 Å². The van der Waals surface area contributed by atoms with Crippen molar-refractivity contribution in [3.8, 4) is 6.07 Å². The lowest BCUT2D eigenvalue weighted by atomic mass is 9.75. The Labute approximate surface area is 140 Å². The van der Waals surface area contributed by atoms with Crippen LogP contribution in [0.3, 0.4) is 0 Å². The molecule has 0 aliphatic heterocycles. The van der Waals surface area contributed by atoms with E-state index in [9.17, 15) is 0 Å². The normalized spacial score (nSPS) is 19.7. The largest absolute Gasteiger partial charge is 0.378 e. The molecule has 0 radical (unpaired) electrons. The third-order valence-corrected chi connectivity index (χ3v) is 4.66. The fourth-order valence-electron chi connectivity index (χ4n) is 2.77. The average Bonchev–Trinajstić information content (AvgIpc) is 3.04. The third-order valence-electron chi connectivity index (χ3n) is 4.35. The van der Waals surface area contributed by atoms with Gasteiger partial charge in [-0.25, -0.2) is 9.67 Å². The minimum Gasteiger partial charge on any atom is -0.378 e. The van der Waals surface area contributed by atoms with Crippen molar-refractivity contribution in [2.24, 2.45) is 5.41 Å². The van der Waals surface area contributed by atoms with Crippen molar-refractivity contribution in [1.29, 1.82) is 5.26 Å². The van der Waals surface area contributed by atoms with E-state index in [2.05, 4.69) is 41.4 Å². The second-order valence-corrected chi connectivity index (χ2v) is 6.82. The SMILES string of the molecule is CC1(C)CCC(n2cncn2)=CC1Nc1ccc(C#N)c(Cl)c1. The van der Waals surface area contributed by atoms with E-state index in [1.165, 1.54) is 0 Å². The summed E-state index contributed by atoms with van der Waals surface area (Å²) < 4.78 is 1.82. The van der Waals surface area contributed by atoms with E-state index in [0.717, 1.165) is 24.2 Å². The zero-order chi connectivity index (χ0) is 16.4. The molecule has 1 N–H and O–H groups in total. The van der Waals surface area contributed by atoms with Gasteiger partial charge in [0.2, 0.25) is 0 Å². The molecule has 0 bridgehead atoms. The molecule has 1 aromatic carbocycles. The molecule has 0 spiro atoms. The van der Waals surface area contributed by atoms with Gasteiger partial charge in [-0.2, -0.15) is 10.4 Å². The van der Waals surface area contributed by atoms with E-state index < -0.39 is 0 Å². The molecule has 0 fully saturated rings. The van der Waals surface area contributed by atoms with E-state index in [1.807, 2.05) is 10.7 Å². The first-order valence-electron chi connectivity index (χ1n) is 7.51. The molecule has 5 nitrogen and oxygen atoms in total. The van der Waals surface area contributed by atoms with Gasteiger partial charge in [-0.3, -0.25) is 0 Å². The smallest absolute Gasteiger partial charge is 0.138 e. The maximum absolute atomic E-state index is 8.97. The first-order chi connectivity index (χ1) is 11.0. The molecule has 1 unspecified atom stereocenters. The zero-order valence-electron chi connectivity index (χ0n) is 13.1. The number of nitrogens with zero attached hydrogens (tertiary/aromatic N) is 4. The predicted octanol–water partition coefficient (Wildman–Crippen LogP) is 3.94. The minimum atomic E-state index is 0.102. The van der Waals surface area contributed by atoms with Crippen molar-refractivity contribution in [2.75, 3.05) is 5.32 Å². The predicted molar refractivity (Wildman–Crippen MR) is 90.9 cm³/mol. The molecule has 1 atom stereocenters. The fraction of sp³-hybridized carbons (Fsp3) is 0.353. The van der Waals surface area contributed by atoms with Crippen molar-refractivity contribution < 1.29 is 0 Å². The molecule has 3 rings (SSSR count). The molecule has 1 aliphatic carbocycles. The van der Waals surface area contributed by atoms with Crippen LogP contribution in [0.25, 0.3) is 5.70 Å². The Morgan fingerprint density at radius 1 is 1.43 bits per heavy atom. The number of nitrogens with one attached hydrogen (secondary N) is 1. The molecular weight excluding hydrogens is 310 g/mol. The maximum Gasteiger partial charge on any atom is 0.138 e. The molecule has 1 heterocycles. The Morgan fingerprint density at radius 3 is 2.91 bits per heavy atom. The van der Waals surface area contributed by atoms with Gasteiger partial charge < -0.3 is 5.32 Å². The third kappa shape index (κ3) is 3.22. The van der Waals surface area contributed by atoms with Crippen molar-refractivity contribution in [3.05, 3.63) is 47.5 Å². The molecule has 118 valence electrons. The van der Waals surface area contributed by atoms with E-state index in [-0.39, 0.29) is 11.5 Å². The summed E-state index contributed by atoms with van der Waals surface area (Å²) in [7, 11) is 0. The highest BCUT2D eigenvalue weighted by Gasteiger charge is 2.32. The molecule has 1 aliphatic rings. The molecule has 1 aromatic heterocycles. The summed E-state index contributed by atoms with van der Waals surface area (Å²) in [6.45, 7) is 4.48. The summed E-state index contributed by atoms with van der Waals surface area (Å²) in [5, 5.41) is 17.2. The van der Waals surface area contributed by atoms with Crippen LogP contribution >= 0.6 is 11.6 Å². The topological polar surface area (TPSA) is 66.5 Å². The van der Waals surface area contributed by atoms with Crippen molar-refractivity contribution in [2.45, 2.75) is 32.7 Å². The van der Waals surface area contributed by atoms with Crippen LogP contribution in [0.4, 0.5) is 5.69 Å². The van der Waals surface area contributed by atoms with Crippen LogP contribution in [-0.4, -0.2) is 20.8 Å². The summed E-state index contributed by atoms with van der Waals surface area (Å²) in [4.78, 5) is 4.02. The molecule has 2 aromatic rings. The average molecular weight is 328 g/mol. The van der Waals surface area contributed by atoms with E-state index in [0.29, 0.717) is 10.6 Å². The lowest BCUT2D eigenvalue weighted by Gasteiger charge is -2.38. The quantitative estimate of drug-likeness (QED) is 0.927. The Balaban J connectivity index is 1.88. The number of hydrogen-bond acceptors (Lipinski definition) is 4. The molecule has 23 heavy (non-hydrogen) atoms. The first-order valence-corrected chi connectivity index (χ1v) is 7.89. The van der Waals surface area contributed by atoms with Gasteiger partial charge in [0.05, 0.1) is 16.6 Å². The molecule has 0 amide bonds. The van der Waals surface area contributed by atoms with Crippen LogP contribution in [0.1, 0.15) is 32.3 Å². The molecular formula is C17H18ClN5. The van der Waals surface area contributed by atoms with Crippen molar-refractivity contribution in [1.82, 2.24) is 14.8 Å². The van der Waals surface area contributed by atoms with Crippen LogP contribution in [0.15, 0.2) is 36.9 Å². The van der Waals surface area contributed by atoms with Crippen LogP contribution in [0.5, 0.6) is 0 Å². The Bertz CT molecular complexity index is 771. The van der Waals surface area contributed by atoms with Crippen LogP contribution in [-0.2, 0) is 0 Å². The highest BCUT2D eigenvalue weighted by atomic mass is 35.5. The van der Waals surface area contributed by atoms with Gasteiger partial charge >= 0.3 is 0 Å². The highest BCUT2D eigenvalue weighted by Crippen LogP contribution is 2.38. The standard InChI is InChI=1S/C17H18ClN5/c1-17(2)6-5-14(23-11-20-10-21-23)8-16(17)22-13-4-3-12(9-19)15(18)7-13/h3-4,7-8,10-11,16,22H,5-6H2,1-2H3. The van der Waals surface area contributed by atoms with Gasteiger partial charge in [0.15, 0.2) is 0 Å². The minimum absolute atomic E-state index is 0.102. The van der Waals surface area contributed by atoms with Gasteiger partial charge in [-0.15, -0.1) is 0 Å². The van der Waals surface area contributed by atoms with Gasteiger partial charge in [-0.05, 0) is 42.5 Å². The first kappa shape index (κ1) is 15.6. The summed E-state index contributed by atoms with van der Waals surface area (Å²) in [5.74, 6) is 0. The second kappa shape index (κ2) is 6.05. The van der Waals surface area contributed by atoms with Crippen molar-refractivity contribution in [3.63, 3.8) is 0 Å². The van der Waals surface area contributed by atoms with Crippen LogP contribution in [0, 0.1) is 16.7 Å². The summed E-state index contributed by atoms with van der Waals surface area (Å²) in [6, 6.07) is 7.64. The van der Waals surface area contributed by atoms with Gasteiger partial charge in [0.25, 0.3) is 0 Å². The summed E-state index contributed by atoms with van der Waals surface area (Å²) >= 11 is 6.13. The monoisotopic (exact) mass is 327 g/mol. The second-order valence-electron chi connectivity index (χ2n) is 6.42. The van der Waals surface area contributed by atoms with Gasteiger partial charge in [0.1, 0.15) is 18.7 Å². The Morgan fingerprint density at radius 2 is 2.26 bits per heavy atom. The zero-order valence-corrected chi connectivity index (χ0v) is 13.9. The number of rotatable bonds is 3. The molecule has 6 heteroatoms. The lowest BCUT2D eigenvalue weighted by molar-refractivity contribution is 0.303. The summed E-state index contributed by atoms with van der Waals surface area (Å²) in [5.41, 5.74) is 2.63. The van der Waals surface area contributed by atoms with Crippen molar-refractivity contribution >= 4 is 23.0 Å². The number of nitriles is 1. The summed E-state index contributed by atoms with van der Waals surface area (Å²) in [6.07, 6.45) is 7.47.